The zero-order valence-electron chi connectivity index (χ0n) is 12.1. The average Bonchev–Trinajstić information content (AvgIpc) is 2.46. The predicted octanol–water partition coefficient (Wildman–Crippen LogP) is 3.05. The molecule has 0 fully saturated rings. The van der Waals surface area contributed by atoms with Crippen molar-refractivity contribution in [1.29, 1.82) is 0 Å². The van der Waals surface area contributed by atoms with Crippen LogP contribution in [0, 0.1) is 0 Å². The number of aliphatic imine (C=N–C) groups is 1. The van der Waals surface area contributed by atoms with Crippen LogP contribution < -0.4 is 15.4 Å². The number of benzene rings is 1. The van der Waals surface area contributed by atoms with Gasteiger partial charge in [-0.3, -0.25) is 4.99 Å². The highest BCUT2D eigenvalue weighted by atomic mass is 127. The van der Waals surface area contributed by atoms with E-state index in [9.17, 15) is 13.2 Å². The van der Waals surface area contributed by atoms with E-state index in [0.717, 1.165) is 12.1 Å². The van der Waals surface area contributed by atoms with E-state index in [4.69, 9.17) is 4.74 Å². The second-order valence-corrected chi connectivity index (χ2v) is 4.04. The monoisotopic (exact) mass is 429 g/mol. The lowest BCUT2D eigenvalue weighted by Gasteiger charge is -2.12. The van der Waals surface area contributed by atoms with Crippen LogP contribution in [0.5, 0.6) is 5.75 Å². The quantitative estimate of drug-likeness (QED) is 0.240. The van der Waals surface area contributed by atoms with Crippen LogP contribution >= 0.6 is 24.0 Å². The Morgan fingerprint density at radius 2 is 2.09 bits per heavy atom. The second-order valence-electron chi connectivity index (χ2n) is 4.04. The van der Waals surface area contributed by atoms with Crippen LogP contribution in [0.25, 0.3) is 0 Å². The van der Waals surface area contributed by atoms with E-state index < -0.39 is 11.7 Å². The Balaban J connectivity index is 0.00000441. The summed E-state index contributed by atoms with van der Waals surface area (Å²) in [4.78, 5) is 3.96. The van der Waals surface area contributed by atoms with Crippen LogP contribution in [0.15, 0.2) is 41.9 Å². The van der Waals surface area contributed by atoms with Crippen LogP contribution in [0.1, 0.15) is 5.56 Å². The smallest absolute Gasteiger partial charge is 0.416 e. The standard InChI is InChI=1S/C14H18F3N3O.HI/c1-3-7-19-13(18-2)20-8-9-21-12-6-4-5-11(10-12)14(15,16)17;/h3-6,10H,1,7-9H2,2H3,(H2,18,19,20);1H. The molecule has 1 rings (SSSR count). The van der Waals surface area contributed by atoms with Gasteiger partial charge in [-0.25, -0.2) is 0 Å². The molecular formula is C14H19F3IN3O. The molecule has 0 unspecified atom stereocenters. The van der Waals surface area contributed by atoms with E-state index in [2.05, 4.69) is 22.2 Å². The zero-order chi connectivity index (χ0) is 15.7. The van der Waals surface area contributed by atoms with Crippen LogP contribution in [-0.4, -0.2) is 32.7 Å². The lowest BCUT2D eigenvalue weighted by molar-refractivity contribution is -0.137. The van der Waals surface area contributed by atoms with Crippen molar-refractivity contribution in [3.8, 4) is 5.75 Å². The van der Waals surface area contributed by atoms with Crippen molar-refractivity contribution in [1.82, 2.24) is 10.6 Å². The summed E-state index contributed by atoms with van der Waals surface area (Å²) in [5.74, 6) is 0.753. The van der Waals surface area contributed by atoms with Crippen LogP contribution in [0.3, 0.4) is 0 Å². The summed E-state index contributed by atoms with van der Waals surface area (Å²) in [7, 11) is 1.62. The fourth-order valence-electron chi connectivity index (χ4n) is 1.49. The highest BCUT2D eigenvalue weighted by Crippen LogP contribution is 2.31. The molecule has 0 aromatic heterocycles. The normalized spacial score (nSPS) is 11.4. The molecule has 0 saturated carbocycles. The summed E-state index contributed by atoms with van der Waals surface area (Å²) in [5.41, 5.74) is -0.726. The van der Waals surface area contributed by atoms with E-state index in [0.29, 0.717) is 19.0 Å². The van der Waals surface area contributed by atoms with Gasteiger partial charge in [-0.1, -0.05) is 12.1 Å². The van der Waals surface area contributed by atoms with Gasteiger partial charge in [-0.05, 0) is 18.2 Å². The molecule has 0 spiro atoms. The van der Waals surface area contributed by atoms with Gasteiger partial charge < -0.3 is 15.4 Å². The Labute approximate surface area is 144 Å². The summed E-state index contributed by atoms with van der Waals surface area (Å²) in [6, 6.07) is 4.78. The fraction of sp³-hybridized carbons (Fsp3) is 0.357. The summed E-state index contributed by atoms with van der Waals surface area (Å²) >= 11 is 0. The SMILES string of the molecule is C=CCNC(=NC)NCCOc1cccc(C(F)(F)F)c1.I. The number of halogens is 4. The van der Waals surface area contributed by atoms with Crippen LogP contribution in [-0.2, 0) is 6.18 Å². The molecule has 0 saturated heterocycles. The molecule has 4 nitrogen and oxygen atoms in total. The van der Waals surface area contributed by atoms with Gasteiger partial charge in [0.05, 0.1) is 12.1 Å². The maximum Gasteiger partial charge on any atom is 0.416 e. The molecule has 0 aliphatic rings. The minimum atomic E-state index is -4.37. The third-order valence-electron chi connectivity index (χ3n) is 2.46. The molecule has 0 heterocycles. The van der Waals surface area contributed by atoms with Gasteiger partial charge in [0.1, 0.15) is 12.4 Å². The summed E-state index contributed by atoms with van der Waals surface area (Å²) in [6.07, 6.45) is -2.68. The Bertz CT molecular complexity index is 492. The van der Waals surface area contributed by atoms with Crippen molar-refractivity contribution in [2.75, 3.05) is 26.7 Å². The van der Waals surface area contributed by atoms with Gasteiger partial charge in [0.15, 0.2) is 5.96 Å². The van der Waals surface area contributed by atoms with Crippen molar-refractivity contribution < 1.29 is 17.9 Å². The van der Waals surface area contributed by atoms with Crippen molar-refractivity contribution >= 4 is 29.9 Å². The van der Waals surface area contributed by atoms with E-state index >= 15 is 0 Å². The van der Waals surface area contributed by atoms with Crippen molar-refractivity contribution in [2.24, 2.45) is 4.99 Å². The predicted molar refractivity (Wildman–Crippen MR) is 91.9 cm³/mol. The first-order valence-corrected chi connectivity index (χ1v) is 6.33. The number of nitrogens with one attached hydrogen (secondary N) is 2. The van der Waals surface area contributed by atoms with Gasteiger partial charge in [0.25, 0.3) is 0 Å². The number of guanidine groups is 1. The molecule has 0 aliphatic heterocycles. The maximum absolute atomic E-state index is 12.5. The highest BCUT2D eigenvalue weighted by Gasteiger charge is 2.30. The van der Waals surface area contributed by atoms with E-state index in [-0.39, 0.29) is 36.3 Å². The molecule has 1 aromatic carbocycles. The summed E-state index contributed by atoms with van der Waals surface area (Å²) in [6.45, 7) is 4.76. The first-order chi connectivity index (χ1) is 9.97. The molecule has 0 radical (unpaired) electrons. The van der Waals surface area contributed by atoms with Crippen molar-refractivity contribution in [3.05, 3.63) is 42.5 Å². The lowest BCUT2D eigenvalue weighted by atomic mass is 10.2. The van der Waals surface area contributed by atoms with Gasteiger partial charge in [-0.15, -0.1) is 30.6 Å². The molecule has 22 heavy (non-hydrogen) atoms. The maximum atomic E-state index is 12.5. The fourth-order valence-corrected chi connectivity index (χ4v) is 1.49. The number of hydrogen-bond donors (Lipinski definition) is 2. The molecule has 0 amide bonds. The number of ether oxygens (including phenoxy) is 1. The number of alkyl halides is 3. The Morgan fingerprint density at radius 1 is 1.36 bits per heavy atom. The Kier molecular flexibility index (Phi) is 9.63. The molecule has 124 valence electrons. The molecule has 0 bridgehead atoms. The molecule has 1 aromatic rings. The molecule has 2 N–H and O–H groups in total. The first kappa shape index (κ1) is 20.6. The van der Waals surface area contributed by atoms with Crippen molar-refractivity contribution in [3.63, 3.8) is 0 Å². The van der Waals surface area contributed by atoms with Gasteiger partial charge in [-0.2, -0.15) is 13.2 Å². The van der Waals surface area contributed by atoms with Gasteiger partial charge in [0.2, 0.25) is 0 Å². The minimum absolute atomic E-state index is 0. The third-order valence-corrected chi connectivity index (χ3v) is 2.46. The lowest BCUT2D eigenvalue weighted by Crippen LogP contribution is -2.39. The molecular weight excluding hydrogens is 410 g/mol. The Morgan fingerprint density at radius 3 is 2.68 bits per heavy atom. The topological polar surface area (TPSA) is 45.7 Å². The Hall–Kier alpha value is -1.45. The average molecular weight is 429 g/mol. The van der Waals surface area contributed by atoms with Crippen LogP contribution in [0.4, 0.5) is 13.2 Å². The third kappa shape index (κ3) is 7.53. The van der Waals surface area contributed by atoms with Crippen molar-refractivity contribution in [2.45, 2.75) is 6.18 Å². The second kappa shape index (κ2) is 10.3. The van der Waals surface area contributed by atoms with E-state index in [1.807, 2.05) is 0 Å². The van der Waals surface area contributed by atoms with Crippen LogP contribution in [0.2, 0.25) is 0 Å². The summed E-state index contributed by atoms with van der Waals surface area (Å²) in [5, 5.41) is 5.93. The van der Waals surface area contributed by atoms with Gasteiger partial charge in [0, 0.05) is 13.6 Å². The number of hydrogen-bond acceptors (Lipinski definition) is 2. The zero-order valence-corrected chi connectivity index (χ0v) is 14.4. The minimum Gasteiger partial charge on any atom is -0.492 e. The van der Waals surface area contributed by atoms with E-state index in [1.54, 1.807) is 13.1 Å². The number of rotatable bonds is 6. The van der Waals surface area contributed by atoms with E-state index in [1.165, 1.54) is 12.1 Å². The van der Waals surface area contributed by atoms with Gasteiger partial charge >= 0.3 is 6.18 Å². The largest absolute Gasteiger partial charge is 0.492 e. The number of nitrogens with zero attached hydrogens (tertiary/aromatic N) is 1. The molecule has 0 atom stereocenters. The molecule has 8 heteroatoms. The highest BCUT2D eigenvalue weighted by molar-refractivity contribution is 14.0. The summed E-state index contributed by atoms with van der Waals surface area (Å²) < 4.78 is 42.9. The first-order valence-electron chi connectivity index (χ1n) is 6.33. The molecule has 0 aliphatic carbocycles.